The SMILES string of the molecule is CC1CN2CCCC2CN1C(=O)C1(N)C2CCCOC2C1(C)C.Cl.Cl. The molecular weight excluding hydrogens is 361 g/mol. The largest absolute Gasteiger partial charge is 0.377 e. The Morgan fingerprint density at radius 1 is 1.16 bits per heavy atom. The Morgan fingerprint density at radius 3 is 2.60 bits per heavy atom. The van der Waals surface area contributed by atoms with Gasteiger partial charge in [0.05, 0.1) is 6.10 Å². The summed E-state index contributed by atoms with van der Waals surface area (Å²) in [6.07, 6.45) is 4.67. The van der Waals surface area contributed by atoms with Crippen molar-refractivity contribution in [3.63, 3.8) is 0 Å². The highest BCUT2D eigenvalue weighted by Crippen LogP contribution is 2.58. The molecule has 2 N–H and O–H groups in total. The van der Waals surface area contributed by atoms with Crippen LogP contribution in [0.3, 0.4) is 0 Å². The molecule has 5 nitrogen and oxygen atoms in total. The average molecular weight is 394 g/mol. The lowest BCUT2D eigenvalue weighted by atomic mass is 9.46. The highest BCUT2D eigenvalue weighted by atomic mass is 35.5. The van der Waals surface area contributed by atoms with Gasteiger partial charge in [0.1, 0.15) is 5.54 Å². The fraction of sp³-hybridized carbons (Fsp3) is 0.944. The number of carbonyl (C=O) groups excluding carboxylic acids is 1. The fourth-order valence-corrected chi connectivity index (χ4v) is 5.72. The number of nitrogens with two attached hydrogens (primary N) is 1. The van der Waals surface area contributed by atoms with Crippen molar-refractivity contribution in [3.8, 4) is 0 Å². The van der Waals surface area contributed by atoms with Crippen LogP contribution in [0.2, 0.25) is 0 Å². The molecule has 4 fully saturated rings. The maximum Gasteiger partial charge on any atom is 0.244 e. The van der Waals surface area contributed by atoms with Gasteiger partial charge in [-0.1, -0.05) is 13.8 Å². The molecule has 1 saturated carbocycles. The van der Waals surface area contributed by atoms with Crippen LogP contribution < -0.4 is 5.73 Å². The second-order valence-corrected chi connectivity index (χ2v) is 8.73. The van der Waals surface area contributed by atoms with E-state index in [9.17, 15) is 4.79 Å². The smallest absolute Gasteiger partial charge is 0.244 e. The zero-order valence-corrected chi connectivity index (χ0v) is 17.2. The van der Waals surface area contributed by atoms with E-state index in [4.69, 9.17) is 10.5 Å². The number of nitrogens with zero attached hydrogens (tertiary/aromatic N) is 2. The lowest BCUT2D eigenvalue weighted by Crippen LogP contribution is -2.83. The van der Waals surface area contributed by atoms with Crippen molar-refractivity contribution in [2.75, 3.05) is 26.2 Å². The number of piperazine rings is 1. The Morgan fingerprint density at radius 2 is 1.88 bits per heavy atom. The second kappa shape index (κ2) is 7.16. The molecule has 4 rings (SSSR count). The molecule has 25 heavy (non-hydrogen) atoms. The van der Waals surface area contributed by atoms with E-state index in [1.165, 1.54) is 19.4 Å². The Bertz CT molecular complexity index is 519. The van der Waals surface area contributed by atoms with Crippen LogP contribution in [0, 0.1) is 11.3 Å². The molecule has 3 saturated heterocycles. The van der Waals surface area contributed by atoms with Crippen molar-refractivity contribution in [1.29, 1.82) is 0 Å². The van der Waals surface area contributed by atoms with Gasteiger partial charge in [-0.2, -0.15) is 0 Å². The van der Waals surface area contributed by atoms with Gasteiger partial charge in [-0.15, -0.1) is 24.8 Å². The van der Waals surface area contributed by atoms with E-state index in [0.29, 0.717) is 6.04 Å². The number of halogens is 2. The van der Waals surface area contributed by atoms with Gasteiger partial charge in [0, 0.05) is 43.1 Å². The molecule has 0 aromatic rings. The van der Waals surface area contributed by atoms with Crippen LogP contribution >= 0.6 is 24.8 Å². The Kier molecular flexibility index (Phi) is 6.08. The molecule has 3 heterocycles. The molecule has 3 aliphatic heterocycles. The molecule has 1 aliphatic carbocycles. The third kappa shape index (κ3) is 2.82. The van der Waals surface area contributed by atoms with E-state index in [0.717, 1.165) is 32.5 Å². The van der Waals surface area contributed by atoms with Crippen LogP contribution in [0.5, 0.6) is 0 Å². The Labute approximate surface area is 163 Å². The summed E-state index contributed by atoms with van der Waals surface area (Å²) in [5.74, 6) is 0.362. The van der Waals surface area contributed by atoms with Gasteiger partial charge in [0.15, 0.2) is 0 Å². The van der Waals surface area contributed by atoms with Crippen molar-refractivity contribution in [2.45, 2.75) is 70.2 Å². The maximum atomic E-state index is 13.5. The van der Waals surface area contributed by atoms with E-state index < -0.39 is 5.54 Å². The first-order valence-electron chi connectivity index (χ1n) is 9.33. The molecule has 4 aliphatic rings. The summed E-state index contributed by atoms with van der Waals surface area (Å²) in [7, 11) is 0. The molecule has 0 radical (unpaired) electrons. The molecule has 0 spiro atoms. The van der Waals surface area contributed by atoms with E-state index in [2.05, 4.69) is 30.6 Å². The molecule has 5 atom stereocenters. The first kappa shape index (κ1) is 21.2. The number of amides is 1. The lowest BCUT2D eigenvalue weighted by molar-refractivity contribution is -0.232. The topological polar surface area (TPSA) is 58.8 Å². The highest BCUT2D eigenvalue weighted by Gasteiger charge is 2.71. The first-order valence-corrected chi connectivity index (χ1v) is 9.33. The molecule has 0 bridgehead atoms. The molecular formula is C18H33Cl2N3O2. The van der Waals surface area contributed by atoms with Crippen molar-refractivity contribution in [3.05, 3.63) is 0 Å². The minimum atomic E-state index is -0.757. The van der Waals surface area contributed by atoms with Crippen molar-refractivity contribution in [2.24, 2.45) is 17.1 Å². The van der Waals surface area contributed by atoms with Gasteiger partial charge < -0.3 is 15.4 Å². The summed E-state index contributed by atoms with van der Waals surface area (Å²) in [5.41, 5.74) is 5.79. The zero-order chi connectivity index (χ0) is 16.4. The minimum absolute atomic E-state index is 0. The number of hydrogen-bond acceptors (Lipinski definition) is 4. The number of hydrogen-bond donors (Lipinski definition) is 1. The third-order valence-electron chi connectivity index (χ3n) is 7.24. The average Bonchev–Trinajstić information content (AvgIpc) is 2.99. The van der Waals surface area contributed by atoms with E-state index >= 15 is 0 Å². The van der Waals surface area contributed by atoms with Crippen molar-refractivity contribution >= 4 is 30.7 Å². The number of ether oxygens (including phenoxy) is 1. The van der Waals surface area contributed by atoms with Crippen LogP contribution in [0.4, 0.5) is 0 Å². The van der Waals surface area contributed by atoms with Gasteiger partial charge in [0.25, 0.3) is 0 Å². The van der Waals surface area contributed by atoms with E-state index in [1.54, 1.807) is 0 Å². The lowest BCUT2D eigenvalue weighted by Gasteiger charge is -2.66. The van der Waals surface area contributed by atoms with Crippen molar-refractivity contribution < 1.29 is 9.53 Å². The Hall–Kier alpha value is -0.0700. The fourth-order valence-electron chi connectivity index (χ4n) is 5.72. The quantitative estimate of drug-likeness (QED) is 0.740. The summed E-state index contributed by atoms with van der Waals surface area (Å²) in [6.45, 7) is 10.3. The third-order valence-corrected chi connectivity index (χ3v) is 7.24. The maximum absolute atomic E-state index is 13.5. The van der Waals surface area contributed by atoms with Crippen LogP contribution in [-0.4, -0.2) is 65.7 Å². The number of rotatable bonds is 1. The Balaban J connectivity index is 0.00000113. The standard InChI is InChI=1S/C18H31N3O2.2ClH/c1-12-10-20-8-4-6-13(20)11-21(12)16(22)18(19)14-7-5-9-23-15(14)17(18,2)3;;/h12-15H,4-11,19H2,1-3H3;2*1H. The molecule has 0 aromatic heterocycles. The first-order chi connectivity index (χ1) is 10.9. The summed E-state index contributed by atoms with van der Waals surface area (Å²) in [4.78, 5) is 18.1. The van der Waals surface area contributed by atoms with Crippen LogP contribution in [-0.2, 0) is 9.53 Å². The minimum Gasteiger partial charge on any atom is -0.377 e. The van der Waals surface area contributed by atoms with Crippen LogP contribution in [0.25, 0.3) is 0 Å². The zero-order valence-electron chi connectivity index (χ0n) is 15.6. The van der Waals surface area contributed by atoms with Gasteiger partial charge >= 0.3 is 0 Å². The van der Waals surface area contributed by atoms with Gasteiger partial charge in [-0.3, -0.25) is 9.69 Å². The monoisotopic (exact) mass is 393 g/mol. The van der Waals surface area contributed by atoms with Gasteiger partial charge in [0.2, 0.25) is 5.91 Å². The van der Waals surface area contributed by atoms with Crippen LogP contribution in [0.1, 0.15) is 46.5 Å². The molecule has 7 heteroatoms. The molecule has 5 unspecified atom stereocenters. The predicted molar refractivity (Wildman–Crippen MR) is 103 cm³/mol. The number of carbonyl (C=O) groups is 1. The summed E-state index contributed by atoms with van der Waals surface area (Å²) < 4.78 is 5.96. The number of fused-ring (bicyclic) bond motifs is 2. The second-order valence-electron chi connectivity index (χ2n) is 8.73. The summed E-state index contributed by atoms with van der Waals surface area (Å²) in [5, 5.41) is 0. The van der Waals surface area contributed by atoms with Crippen LogP contribution in [0.15, 0.2) is 0 Å². The summed E-state index contributed by atoms with van der Waals surface area (Å²) >= 11 is 0. The van der Waals surface area contributed by atoms with Gasteiger partial charge in [-0.25, -0.2) is 0 Å². The van der Waals surface area contributed by atoms with Gasteiger partial charge in [-0.05, 0) is 39.2 Å². The van der Waals surface area contributed by atoms with E-state index in [1.807, 2.05) is 0 Å². The molecule has 0 aromatic carbocycles. The molecule has 146 valence electrons. The van der Waals surface area contributed by atoms with E-state index in [-0.39, 0.29) is 54.2 Å². The highest BCUT2D eigenvalue weighted by molar-refractivity contribution is 5.90. The normalized spacial score (nSPS) is 42.3. The molecule has 1 amide bonds. The van der Waals surface area contributed by atoms with Crippen molar-refractivity contribution in [1.82, 2.24) is 9.80 Å². The summed E-state index contributed by atoms with van der Waals surface area (Å²) in [6, 6.07) is 0.803. The predicted octanol–water partition coefficient (Wildman–Crippen LogP) is 2.06.